The quantitative estimate of drug-likeness (QED) is 0.446. The Hall–Kier alpha value is -1.85. The molecular formula is C10H14N2O4. The van der Waals surface area contributed by atoms with E-state index in [1.165, 1.54) is 6.07 Å². The van der Waals surface area contributed by atoms with Gasteiger partial charge in [0.2, 0.25) is 0 Å². The highest BCUT2D eigenvalue weighted by Gasteiger charge is 2.23. The molecule has 16 heavy (non-hydrogen) atoms. The van der Waals surface area contributed by atoms with Crippen LogP contribution in [0.3, 0.4) is 0 Å². The van der Waals surface area contributed by atoms with Crippen molar-refractivity contribution in [2.24, 2.45) is 0 Å². The Kier molecular flexibility index (Phi) is 3.65. The van der Waals surface area contributed by atoms with Gasteiger partial charge in [0.1, 0.15) is 5.69 Å². The Balaban J connectivity index is 3.23. The van der Waals surface area contributed by atoms with Crippen LogP contribution in [0, 0.1) is 17.0 Å². The van der Waals surface area contributed by atoms with Gasteiger partial charge in [0, 0.05) is 12.6 Å². The molecule has 0 unspecified atom stereocenters. The van der Waals surface area contributed by atoms with Crippen LogP contribution in [0.15, 0.2) is 6.07 Å². The molecule has 6 nitrogen and oxygen atoms in total. The molecule has 0 fully saturated rings. The first-order valence-electron chi connectivity index (χ1n) is 5.04. The van der Waals surface area contributed by atoms with E-state index in [0.717, 1.165) is 0 Å². The summed E-state index contributed by atoms with van der Waals surface area (Å²) in [6, 6.07) is 1.26. The number of ether oxygens (including phenoxy) is 1. The second kappa shape index (κ2) is 4.78. The third kappa shape index (κ3) is 2.05. The zero-order valence-corrected chi connectivity index (χ0v) is 9.52. The lowest BCUT2D eigenvalue weighted by Crippen LogP contribution is -2.12. The average molecular weight is 226 g/mol. The summed E-state index contributed by atoms with van der Waals surface area (Å²) >= 11 is 0. The Morgan fingerprint density at radius 2 is 2.19 bits per heavy atom. The van der Waals surface area contributed by atoms with Gasteiger partial charge in [-0.05, 0) is 20.8 Å². The third-order valence-electron chi connectivity index (χ3n) is 2.34. The zero-order chi connectivity index (χ0) is 12.3. The normalized spacial score (nSPS) is 10.2. The van der Waals surface area contributed by atoms with Gasteiger partial charge < -0.3 is 9.30 Å². The van der Waals surface area contributed by atoms with Crippen LogP contribution in [0.1, 0.15) is 30.0 Å². The molecule has 0 aliphatic heterocycles. The first-order chi connectivity index (χ1) is 7.52. The van der Waals surface area contributed by atoms with Crippen molar-refractivity contribution in [2.75, 3.05) is 6.61 Å². The molecule has 0 spiro atoms. The Bertz CT molecular complexity index is 423. The highest BCUT2D eigenvalue weighted by Crippen LogP contribution is 2.23. The van der Waals surface area contributed by atoms with E-state index in [2.05, 4.69) is 0 Å². The lowest BCUT2D eigenvalue weighted by Gasteiger charge is -2.06. The monoisotopic (exact) mass is 226 g/mol. The standard InChI is InChI=1S/C10H14N2O4/c1-4-11-7(3)8(12(14)15)6-9(11)10(13)16-5-2/h6H,4-5H2,1-3H3. The molecule has 0 radical (unpaired) electrons. The van der Waals surface area contributed by atoms with Gasteiger partial charge >= 0.3 is 5.97 Å². The maximum absolute atomic E-state index is 11.5. The van der Waals surface area contributed by atoms with Crippen molar-refractivity contribution >= 4 is 11.7 Å². The number of hydrogen-bond acceptors (Lipinski definition) is 4. The van der Waals surface area contributed by atoms with Crippen LogP contribution in [0.2, 0.25) is 0 Å². The van der Waals surface area contributed by atoms with E-state index in [9.17, 15) is 14.9 Å². The molecule has 1 aromatic heterocycles. The highest BCUT2D eigenvalue weighted by molar-refractivity contribution is 5.89. The van der Waals surface area contributed by atoms with Gasteiger partial charge in [-0.3, -0.25) is 10.1 Å². The van der Waals surface area contributed by atoms with Crippen molar-refractivity contribution in [2.45, 2.75) is 27.3 Å². The predicted molar refractivity (Wildman–Crippen MR) is 57.5 cm³/mol. The van der Waals surface area contributed by atoms with E-state index in [-0.39, 0.29) is 18.0 Å². The second-order valence-electron chi connectivity index (χ2n) is 3.22. The SMILES string of the molecule is CCOC(=O)c1cc([N+](=O)[O-])c(C)n1CC. The maximum atomic E-state index is 11.5. The second-order valence-corrected chi connectivity index (χ2v) is 3.22. The smallest absolute Gasteiger partial charge is 0.355 e. The highest BCUT2D eigenvalue weighted by atomic mass is 16.6. The van der Waals surface area contributed by atoms with Crippen LogP contribution in [0.25, 0.3) is 0 Å². The van der Waals surface area contributed by atoms with E-state index in [1.54, 1.807) is 18.4 Å². The number of nitro groups is 1. The molecule has 0 bridgehead atoms. The average Bonchev–Trinajstić information content (AvgIpc) is 2.55. The van der Waals surface area contributed by atoms with Gasteiger partial charge in [0.25, 0.3) is 5.69 Å². The zero-order valence-electron chi connectivity index (χ0n) is 9.52. The molecule has 0 atom stereocenters. The summed E-state index contributed by atoms with van der Waals surface area (Å²) in [7, 11) is 0. The minimum Gasteiger partial charge on any atom is -0.461 e. The Labute approximate surface area is 93.0 Å². The number of rotatable bonds is 4. The number of aromatic nitrogens is 1. The minimum atomic E-state index is -0.527. The third-order valence-corrected chi connectivity index (χ3v) is 2.34. The van der Waals surface area contributed by atoms with Gasteiger partial charge in [0.15, 0.2) is 0 Å². The Morgan fingerprint density at radius 1 is 1.56 bits per heavy atom. The molecule has 0 aromatic carbocycles. The van der Waals surface area contributed by atoms with Gasteiger partial charge in [0.05, 0.1) is 17.2 Å². The molecule has 0 saturated heterocycles. The summed E-state index contributed by atoms with van der Waals surface area (Å²) in [6.45, 7) is 5.87. The summed E-state index contributed by atoms with van der Waals surface area (Å²) in [5.74, 6) is -0.527. The van der Waals surface area contributed by atoms with E-state index in [0.29, 0.717) is 12.2 Å². The predicted octanol–water partition coefficient (Wildman–Crippen LogP) is 1.90. The van der Waals surface area contributed by atoms with E-state index >= 15 is 0 Å². The first kappa shape index (κ1) is 12.2. The van der Waals surface area contributed by atoms with Crippen molar-refractivity contribution in [1.82, 2.24) is 4.57 Å². The summed E-state index contributed by atoms with van der Waals surface area (Å²) in [5.41, 5.74) is 0.647. The van der Waals surface area contributed by atoms with Gasteiger partial charge in [-0.25, -0.2) is 4.79 Å². The molecule has 0 aliphatic rings. The van der Waals surface area contributed by atoms with Crippen molar-refractivity contribution in [3.05, 3.63) is 27.6 Å². The number of carbonyl (C=O) groups excluding carboxylic acids is 1. The van der Waals surface area contributed by atoms with E-state index < -0.39 is 10.9 Å². The molecule has 0 N–H and O–H groups in total. The molecule has 1 rings (SSSR count). The fraction of sp³-hybridized carbons (Fsp3) is 0.500. The van der Waals surface area contributed by atoms with Crippen molar-refractivity contribution in [3.8, 4) is 0 Å². The molecular weight excluding hydrogens is 212 g/mol. The van der Waals surface area contributed by atoms with Crippen molar-refractivity contribution in [1.29, 1.82) is 0 Å². The fourth-order valence-electron chi connectivity index (χ4n) is 1.60. The molecule has 1 heterocycles. The van der Waals surface area contributed by atoms with E-state index in [4.69, 9.17) is 4.74 Å². The van der Waals surface area contributed by atoms with Gasteiger partial charge in [-0.15, -0.1) is 0 Å². The molecule has 6 heteroatoms. The van der Waals surface area contributed by atoms with Crippen LogP contribution in [0.4, 0.5) is 5.69 Å². The summed E-state index contributed by atoms with van der Waals surface area (Å²) < 4.78 is 6.42. The van der Waals surface area contributed by atoms with Crippen molar-refractivity contribution in [3.63, 3.8) is 0 Å². The van der Waals surface area contributed by atoms with Crippen molar-refractivity contribution < 1.29 is 14.5 Å². The number of esters is 1. The number of carbonyl (C=O) groups is 1. The first-order valence-corrected chi connectivity index (χ1v) is 5.04. The molecule has 0 amide bonds. The molecule has 1 aromatic rings. The minimum absolute atomic E-state index is 0.0510. The van der Waals surface area contributed by atoms with Gasteiger partial charge in [-0.2, -0.15) is 0 Å². The molecule has 0 aliphatic carbocycles. The van der Waals surface area contributed by atoms with Crippen LogP contribution in [-0.4, -0.2) is 22.1 Å². The van der Waals surface area contributed by atoms with Crippen LogP contribution in [-0.2, 0) is 11.3 Å². The summed E-state index contributed by atoms with van der Waals surface area (Å²) in [5, 5.41) is 10.7. The Morgan fingerprint density at radius 3 is 2.62 bits per heavy atom. The van der Waals surface area contributed by atoms with Crippen LogP contribution < -0.4 is 0 Å². The summed E-state index contributed by atoms with van der Waals surface area (Å²) in [6.07, 6.45) is 0. The lowest BCUT2D eigenvalue weighted by atomic mass is 10.4. The number of nitrogens with zero attached hydrogens (tertiary/aromatic N) is 2. The fourth-order valence-corrected chi connectivity index (χ4v) is 1.60. The maximum Gasteiger partial charge on any atom is 0.355 e. The summed E-state index contributed by atoms with van der Waals surface area (Å²) in [4.78, 5) is 21.8. The van der Waals surface area contributed by atoms with Crippen LogP contribution in [0.5, 0.6) is 0 Å². The largest absolute Gasteiger partial charge is 0.461 e. The topological polar surface area (TPSA) is 74.4 Å². The van der Waals surface area contributed by atoms with Crippen LogP contribution >= 0.6 is 0 Å². The van der Waals surface area contributed by atoms with Gasteiger partial charge in [-0.1, -0.05) is 0 Å². The number of hydrogen-bond donors (Lipinski definition) is 0. The van der Waals surface area contributed by atoms with E-state index in [1.807, 2.05) is 6.92 Å². The molecule has 88 valence electrons. The molecule has 0 saturated carbocycles. The lowest BCUT2D eigenvalue weighted by molar-refractivity contribution is -0.385.